The summed E-state index contributed by atoms with van der Waals surface area (Å²) in [6.45, 7) is 2.65. The molecule has 0 atom stereocenters. The number of hydrogen-bond acceptors (Lipinski definition) is 9. The van der Waals surface area contributed by atoms with Gasteiger partial charge in [0.25, 0.3) is 5.91 Å². The molecule has 2 aliphatic heterocycles. The second-order valence-corrected chi connectivity index (χ2v) is 12.1. The molecule has 0 aliphatic carbocycles. The molecule has 11 nitrogen and oxygen atoms in total. The molecule has 14 heteroatoms. The highest BCUT2D eigenvalue weighted by molar-refractivity contribution is 7.94. The molecule has 0 radical (unpaired) electrons. The van der Waals surface area contributed by atoms with Gasteiger partial charge in [-0.15, -0.1) is 0 Å². The quantitative estimate of drug-likeness (QED) is 0.480. The Labute approximate surface area is 234 Å². The van der Waals surface area contributed by atoms with E-state index in [4.69, 9.17) is 26.6 Å². The first kappa shape index (κ1) is 27.6. The van der Waals surface area contributed by atoms with E-state index >= 15 is 4.39 Å². The van der Waals surface area contributed by atoms with Crippen LogP contribution in [0, 0.1) is 5.82 Å². The second-order valence-electron chi connectivity index (χ2n) is 9.88. The van der Waals surface area contributed by atoms with Crippen molar-refractivity contribution >= 4 is 39.1 Å². The van der Waals surface area contributed by atoms with Gasteiger partial charge in [0.15, 0.2) is 0 Å². The number of ether oxygens (including phenoxy) is 1. The predicted molar refractivity (Wildman–Crippen MR) is 142 cm³/mol. The zero-order valence-corrected chi connectivity index (χ0v) is 23.1. The number of carbonyl (C=O) groups is 2. The van der Waals surface area contributed by atoms with Crippen molar-refractivity contribution in [3.8, 4) is 11.4 Å². The van der Waals surface area contributed by atoms with Crippen molar-refractivity contribution < 1.29 is 31.7 Å². The van der Waals surface area contributed by atoms with E-state index < -0.39 is 43.7 Å². The number of nitrogens with two attached hydrogens (primary N) is 1. The molecule has 0 unspecified atom stereocenters. The fourth-order valence-corrected chi connectivity index (χ4v) is 6.15. The van der Waals surface area contributed by atoms with Crippen LogP contribution in [0.4, 0.5) is 14.9 Å². The first-order chi connectivity index (χ1) is 18.9. The van der Waals surface area contributed by atoms with Crippen LogP contribution < -0.4 is 10.6 Å². The molecular formula is C26H25ClFN5O6S. The van der Waals surface area contributed by atoms with Crippen LogP contribution in [0.3, 0.4) is 0 Å². The Kier molecular flexibility index (Phi) is 7.04. The van der Waals surface area contributed by atoms with E-state index in [1.807, 2.05) is 6.92 Å². The van der Waals surface area contributed by atoms with Gasteiger partial charge in [-0.05, 0) is 42.7 Å². The third kappa shape index (κ3) is 5.02. The molecule has 1 fully saturated rings. The van der Waals surface area contributed by atoms with Crippen molar-refractivity contribution in [2.75, 3.05) is 25.1 Å². The van der Waals surface area contributed by atoms with Crippen molar-refractivity contribution in [2.24, 2.45) is 5.73 Å². The topological polar surface area (TPSA) is 149 Å². The van der Waals surface area contributed by atoms with E-state index in [0.717, 1.165) is 11.0 Å². The third-order valence-electron chi connectivity index (χ3n) is 7.16. The lowest BCUT2D eigenvalue weighted by molar-refractivity contribution is -0.115. The maximum absolute atomic E-state index is 15.4. The van der Waals surface area contributed by atoms with Crippen molar-refractivity contribution in [3.05, 3.63) is 69.8 Å². The van der Waals surface area contributed by atoms with Crippen molar-refractivity contribution in [3.63, 3.8) is 0 Å². The van der Waals surface area contributed by atoms with Gasteiger partial charge in [0, 0.05) is 18.1 Å². The Hall–Kier alpha value is -3.97. The highest BCUT2D eigenvalue weighted by Crippen LogP contribution is 2.39. The van der Waals surface area contributed by atoms with Crippen LogP contribution in [-0.2, 0) is 31.3 Å². The van der Waals surface area contributed by atoms with Gasteiger partial charge < -0.3 is 24.8 Å². The number of nitrogens with zero attached hydrogens (tertiary/aromatic N) is 4. The van der Waals surface area contributed by atoms with Gasteiger partial charge >= 0.3 is 6.09 Å². The molecule has 5 rings (SSSR count). The van der Waals surface area contributed by atoms with Crippen LogP contribution in [-0.4, -0.2) is 55.7 Å². The standard InChI is InChI=1S/C26H25ClFN5O6S/c1-26(7-9-32(10-8-26)25(35)38-2)24-30-22(31-39-24)17-11-20-21(12-18(17)28)40(36,37)14-19(29)23(34)33(20)13-15-3-5-16(27)6-4-15/h3-6,11-12,14H,7-10,13,29H2,1-2H3. The SMILES string of the molecule is COC(=O)N1CCC(C)(c2nc(-c3cc4c(cc3F)S(=O)(=O)C=C(N)C(=O)N4Cc3ccc(Cl)cc3)no2)CC1. The summed E-state index contributed by atoms with van der Waals surface area (Å²) < 4.78 is 51.8. The van der Waals surface area contributed by atoms with Gasteiger partial charge in [-0.2, -0.15) is 4.98 Å². The first-order valence-corrected chi connectivity index (χ1v) is 14.1. The fourth-order valence-electron chi connectivity index (χ4n) is 4.73. The Balaban J connectivity index is 1.54. The van der Waals surface area contributed by atoms with Gasteiger partial charge in [-0.25, -0.2) is 17.6 Å². The third-order valence-corrected chi connectivity index (χ3v) is 8.91. The molecule has 1 saturated heterocycles. The van der Waals surface area contributed by atoms with Crippen molar-refractivity contribution in [1.29, 1.82) is 0 Å². The van der Waals surface area contributed by atoms with Crippen molar-refractivity contribution in [2.45, 2.75) is 36.6 Å². The van der Waals surface area contributed by atoms with E-state index in [1.165, 1.54) is 13.2 Å². The molecule has 1 aromatic heterocycles. The summed E-state index contributed by atoms with van der Waals surface area (Å²) in [5.74, 6) is -1.57. The molecule has 40 heavy (non-hydrogen) atoms. The molecule has 2 aliphatic rings. The summed E-state index contributed by atoms with van der Waals surface area (Å²) in [7, 11) is -2.95. The van der Waals surface area contributed by atoms with Gasteiger partial charge in [0.05, 0.1) is 40.6 Å². The maximum Gasteiger partial charge on any atom is 0.409 e. The lowest BCUT2D eigenvalue weighted by atomic mass is 9.80. The first-order valence-electron chi connectivity index (χ1n) is 12.2. The van der Waals surface area contributed by atoms with Crippen molar-refractivity contribution in [1.82, 2.24) is 15.0 Å². The minimum atomic E-state index is -4.27. The average Bonchev–Trinajstić information content (AvgIpc) is 3.41. The number of amides is 2. The molecule has 3 aromatic rings. The van der Waals surface area contributed by atoms with Gasteiger partial charge in [-0.1, -0.05) is 35.8 Å². The number of halogens is 2. The molecule has 0 saturated carbocycles. The zero-order valence-electron chi connectivity index (χ0n) is 21.6. The second kappa shape index (κ2) is 10.2. The summed E-state index contributed by atoms with van der Waals surface area (Å²) in [6, 6.07) is 8.64. The molecular weight excluding hydrogens is 565 g/mol. The zero-order chi connectivity index (χ0) is 28.8. The lowest BCUT2D eigenvalue weighted by Crippen LogP contribution is -2.44. The van der Waals surface area contributed by atoms with Crippen LogP contribution in [0.2, 0.25) is 5.02 Å². The summed E-state index contributed by atoms with van der Waals surface area (Å²) in [4.78, 5) is 31.8. The highest BCUT2D eigenvalue weighted by Gasteiger charge is 2.39. The smallest absolute Gasteiger partial charge is 0.409 e. The largest absolute Gasteiger partial charge is 0.453 e. The Morgan fingerprint density at radius 1 is 1.23 bits per heavy atom. The van der Waals surface area contributed by atoms with E-state index in [0.29, 0.717) is 41.9 Å². The fraction of sp³-hybridized carbons (Fsp3) is 0.308. The molecule has 2 amide bonds. The maximum atomic E-state index is 15.4. The minimum absolute atomic E-state index is 0.0651. The number of carbonyl (C=O) groups excluding carboxylic acids is 2. The lowest BCUT2D eigenvalue weighted by Gasteiger charge is -2.36. The number of benzene rings is 2. The number of anilines is 1. The summed E-state index contributed by atoms with van der Waals surface area (Å²) in [5, 5.41) is 5.07. The average molecular weight is 590 g/mol. The Bertz CT molecular complexity index is 1630. The number of rotatable bonds is 4. The predicted octanol–water partition coefficient (Wildman–Crippen LogP) is 3.77. The Morgan fingerprint density at radius 2 is 1.90 bits per heavy atom. The monoisotopic (exact) mass is 589 g/mol. The number of fused-ring (bicyclic) bond motifs is 1. The summed E-state index contributed by atoms with van der Waals surface area (Å²) in [6.07, 6.45) is 0.578. The number of hydrogen-bond donors (Lipinski definition) is 1. The van der Waals surface area contributed by atoms with E-state index in [9.17, 15) is 18.0 Å². The van der Waals surface area contributed by atoms with Gasteiger partial charge in [-0.3, -0.25) is 4.79 Å². The number of methoxy groups -OCH3 is 1. The molecule has 210 valence electrons. The molecule has 0 bridgehead atoms. The van der Waals surface area contributed by atoms with Gasteiger partial charge in [0.2, 0.25) is 21.6 Å². The molecule has 0 spiro atoms. The van der Waals surface area contributed by atoms with Crippen LogP contribution in [0.5, 0.6) is 0 Å². The highest BCUT2D eigenvalue weighted by atomic mass is 35.5. The normalized spacial score (nSPS) is 18.1. The number of piperidine rings is 1. The van der Waals surface area contributed by atoms with E-state index in [2.05, 4.69) is 10.1 Å². The van der Waals surface area contributed by atoms with E-state index in [1.54, 1.807) is 29.2 Å². The van der Waals surface area contributed by atoms with E-state index in [-0.39, 0.29) is 29.5 Å². The minimum Gasteiger partial charge on any atom is -0.453 e. The Morgan fingerprint density at radius 3 is 2.55 bits per heavy atom. The number of aromatic nitrogens is 2. The molecule has 2 aromatic carbocycles. The van der Waals surface area contributed by atoms with Crippen LogP contribution >= 0.6 is 11.6 Å². The molecule has 2 N–H and O–H groups in total. The summed E-state index contributed by atoms with van der Waals surface area (Å²) in [5.41, 5.74) is 5.12. The van der Waals surface area contributed by atoms with Gasteiger partial charge in [0.1, 0.15) is 11.5 Å². The number of likely N-dealkylation sites (tertiary alicyclic amines) is 1. The van der Waals surface area contributed by atoms with Crippen LogP contribution in [0.15, 0.2) is 56.9 Å². The van der Waals surface area contributed by atoms with Crippen LogP contribution in [0.1, 0.15) is 31.2 Å². The van der Waals surface area contributed by atoms with Crippen LogP contribution in [0.25, 0.3) is 11.4 Å². The molecule has 3 heterocycles. The summed E-state index contributed by atoms with van der Waals surface area (Å²) >= 11 is 5.98. The number of sulfone groups is 1.